The Morgan fingerprint density at radius 2 is 1.90 bits per heavy atom. The number of carbonyl (C=O) groups is 1. The summed E-state index contributed by atoms with van der Waals surface area (Å²) in [5, 5.41) is 3.48. The lowest BCUT2D eigenvalue weighted by molar-refractivity contribution is -0.168. The largest absolute Gasteiger partial charge is 0.376 e. The molecule has 6 rings (SSSR count). The summed E-state index contributed by atoms with van der Waals surface area (Å²) < 4.78 is 49.0. The van der Waals surface area contributed by atoms with Crippen LogP contribution < -0.4 is 10.2 Å². The maximum absolute atomic E-state index is 13.9. The Bertz CT molecular complexity index is 1720. The van der Waals surface area contributed by atoms with Crippen LogP contribution in [-0.4, -0.2) is 74.0 Å². The molecule has 206 valence electrons. The summed E-state index contributed by atoms with van der Waals surface area (Å²) >= 11 is 0. The molecule has 1 aromatic carbocycles. The molecule has 12 heteroatoms. The first-order valence-electron chi connectivity index (χ1n) is 12.7. The first kappa shape index (κ1) is 26.2. The van der Waals surface area contributed by atoms with Crippen LogP contribution in [0.2, 0.25) is 0 Å². The molecular weight excluding hydrogens is 537 g/mol. The standard InChI is InChI=1S/C28H26FN5O5S/c1-40(36,37)22-10-19(9-20(29)11-22)27(35)31-14-21-12-25-18(13-30-21)5-6-24(32-25)23-3-2-4-26(33-23)34-15-28(16-34)17-38-7-8-39-28/h2-6,9-13H,7-8,14-17H2,1H3,(H,31,35). The number of aromatic nitrogens is 3. The van der Waals surface area contributed by atoms with Crippen LogP contribution in [0.1, 0.15) is 16.1 Å². The van der Waals surface area contributed by atoms with Gasteiger partial charge in [0.15, 0.2) is 9.84 Å². The zero-order chi connectivity index (χ0) is 27.9. The van der Waals surface area contributed by atoms with Crippen molar-refractivity contribution in [3.63, 3.8) is 0 Å². The second-order valence-electron chi connectivity index (χ2n) is 10.0. The van der Waals surface area contributed by atoms with E-state index in [1.54, 1.807) is 12.3 Å². The number of sulfone groups is 1. The van der Waals surface area contributed by atoms with Gasteiger partial charge in [-0.2, -0.15) is 0 Å². The minimum absolute atomic E-state index is 0.0433. The SMILES string of the molecule is CS(=O)(=O)c1cc(F)cc(C(=O)NCc2cc3nc(-c4cccc(N5CC6(COCCO6)C5)n4)ccc3cn2)c1. The van der Waals surface area contributed by atoms with Crippen LogP contribution in [0.25, 0.3) is 22.3 Å². The number of halogens is 1. The summed E-state index contributed by atoms with van der Waals surface area (Å²) in [6, 6.07) is 14.4. The predicted molar refractivity (Wildman–Crippen MR) is 145 cm³/mol. The summed E-state index contributed by atoms with van der Waals surface area (Å²) in [4.78, 5) is 28.5. The number of rotatable bonds is 6. The summed E-state index contributed by atoms with van der Waals surface area (Å²) in [5.74, 6) is -0.586. The van der Waals surface area contributed by atoms with E-state index in [9.17, 15) is 17.6 Å². The minimum atomic E-state index is -3.67. The molecule has 2 saturated heterocycles. The lowest BCUT2D eigenvalue weighted by atomic mass is 9.94. The summed E-state index contributed by atoms with van der Waals surface area (Å²) in [7, 11) is -3.67. The Morgan fingerprint density at radius 3 is 2.67 bits per heavy atom. The molecule has 4 aromatic rings. The average Bonchev–Trinajstić information content (AvgIpc) is 2.94. The quantitative estimate of drug-likeness (QED) is 0.377. The van der Waals surface area contributed by atoms with Crippen molar-refractivity contribution in [2.24, 2.45) is 0 Å². The van der Waals surface area contributed by atoms with Crippen molar-refractivity contribution >= 4 is 32.5 Å². The van der Waals surface area contributed by atoms with Gasteiger partial charge in [-0.1, -0.05) is 6.07 Å². The monoisotopic (exact) mass is 563 g/mol. The highest BCUT2D eigenvalue weighted by Gasteiger charge is 2.46. The second kappa shape index (κ2) is 10.2. The predicted octanol–water partition coefficient (Wildman–Crippen LogP) is 2.77. The molecule has 2 aliphatic rings. The Balaban J connectivity index is 1.17. The Morgan fingerprint density at radius 1 is 1.07 bits per heavy atom. The normalized spacial score (nSPS) is 16.6. The van der Waals surface area contributed by atoms with Gasteiger partial charge in [0.25, 0.3) is 5.91 Å². The number of pyridine rings is 3. The van der Waals surface area contributed by atoms with Crippen molar-refractivity contribution in [2.45, 2.75) is 17.0 Å². The number of amides is 1. The molecule has 0 saturated carbocycles. The molecular formula is C28H26FN5O5S. The van der Waals surface area contributed by atoms with Gasteiger partial charge in [0.05, 0.1) is 66.9 Å². The fourth-order valence-corrected chi connectivity index (χ4v) is 5.50. The van der Waals surface area contributed by atoms with Crippen molar-refractivity contribution in [1.82, 2.24) is 20.3 Å². The van der Waals surface area contributed by atoms with E-state index in [4.69, 9.17) is 19.4 Å². The first-order valence-corrected chi connectivity index (χ1v) is 14.6. The highest BCUT2D eigenvalue weighted by Crippen LogP contribution is 2.32. The molecule has 40 heavy (non-hydrogen) atoms. The van der Waals surface area contributed by atoms with E-state index in [0.717, 1.165) is 54.4 Å². The third-order valence-corrected chi connectivity index (χ3v) is 7.99. The van der Waals surface area contributed by atoms with Gasteiger partial charge in [-0.25, -0.2) is 22.8 Å². The van der Waals surface area contributed by atoms with E-state index in [1.807, 2.05) is 30.3 Å². The number of fused-ring (bicyclic) bond motifs is 1. The fraction of sp³-hybridized carbons (Fsp3) is 0.286. The molecule has 0 unspecified atom stereocenters. The lowest BCUT2D eigenvalue weighted by Gasteiger charge is -2.51. The zero-order valence-electron chi connectivity index (χ0n) is 21.6. The lowest BCUT2D eigenvalue weighted by Crippen LogP contribution is -2.67. The third kappa shape index (κ3) is 5.37. The van der Waals surface area contributed by atoms with Crippen LogP contribution in [0, 0.1) is 5.82 Å². The number of nitrogens with one attached hydrogen (secondary N) is 1. The van der Waals surface area contributed by atoms with Gasteiger partial charge in [0.2, 0.25) is 0 Å². The van der Waals surface area contributed by atoms with Crippen LogP contribution in [0.3, 0.4) is 0 Å². The molecule has 10 nitrogen and oxygen atoms in total. The maximum Gasteiger partial charge on any atom is 0.251 e. The van der Waals surface area contributed by atoms with Crippen molar-refractivity contribution in [3.8, 4) is 11.4 Å². The summed E-state index contributed by atoms with van der Waals surface area (Å²) in [6.07, 6.45) is 2.62. The summed E-state index contributed by atoms with van der Waals surface area (Å²) in [5.41, 5.74) is 2.28. The van der Waals surface area contributed by atoms with E-state index >= 15 is 0 Å². The van der Waals surface area contributed by atoms with Crippen LogP contribution in [0.4, 0.5) is 10.2 Å². The number of anilines is 1. The van der Waals surface area contributed by atoms with Gasteiger partial charge in [-0.3, -0.25) is 9.78 Å². The molecule has 0 radical (unpaired) electrons. The van der Waals surface area contributed by atoms with E-state index in [0.29, 0.717) is 36.7 Å². The molecule has 3 aromatic heterocycles. The van der Waals surface area contributed by atoms with E-state index < -0.39 is 21.6 Å². The number of hydrogen-bond donors (Lipinski definition) is 1. The number of ether oxygens (including phenoxy) is 2. The average molecular weight is 564 g/mol. The first-order chi connectivity index (χ1) is 19.2. The molecule has 1 spiro atoms. The minimum Gasteiger partial charge on any atom is -0.376 e. The maximum atomic E-state index is 13.9. The Hall–Kier alpha value is -4.00. The van der Waals surface area contributed by atoms with Crippen molar-refractivity contribution in [1.29, 1.82) is 0 Å². The molecule has 1 amide bonds. The van der Waals surface area contributed by atoms with Gasteiger partial charge < -0.3 is 19.7 Å². The van der Waals surface area contributed by atoms with Crippen LogP contribution in [0.5, 0.6) is 0 Å². The molecule has 0 aliphatic carbocycles. The van der Waals surface area contributed by atoms with Gasteiger partial charge in [-0.05, 0) is 48.5 Å². The summed E-state index contributed by atoms with van der Waals surface area (Å²) in [6.45, 7) is 3.32. The van der Waals surface area contributed by atoms with Crippen LogP contribution >= 0.6 is 0 Å². The fourth-order valence-electron chi connectivity index (χ4n) is 4.83. The van der Waals surface area contributed by atoms with Crippen molar-refractivity contribution < 1.29 is 27.1 Å². The second-order valence-corrected chi connectivity index (χ2v) is 12.0. The number of benzene rings is 1. The molecule has 0 atom stereocenters. The van der Waals surface area contributed by atoms with Gasteiger partial charge in [0, 0.05) is 23.4 Å². The zero-order valence-corrected chi connectivity index (χ0v) is 22.4. The van der Waals surface area contributed by atoms with Crippen molar-refractivity contribution in [2.75, 3.05) is 44.1 Å². The molecule has 2 aliphatic heterocycles. The molecule has 5 heterocycles. The topological polar surface area (TPSA) is 124 Å². The van der Waals surface area contributed by atoms with Gasteiger partial charge in [0.1, 0.15) is 17.2 Å². The highest BCUT2D eigenvalue weighted by molar-refractivity contribution is 7.90. The van der Waals surface area contributed by atoms with Gasteiger partial charge in [-0.15, -0.1) is 0 Å². The van der Waals surface area contributed by atoms with Crippen LogP contribution in [0.15, 0.2) is 65.7 Å². The Labute approximate surface area is 230 Å². The van der Waals surface area contributed by atoms with E-state index in [2.05, 4.69) is 15.2 Å². The van der Waals surface area contributed by atoms with Crippen molar-refractivity contribution in [3.05, 3.63) is 77.9 Å². The smallest absolute Gasteiger partial charge is 0.251 e. The van der Waals surface area contributed by atoms with E-state index in [-0.39, 0.29) is 22.6 Å². The molecule has 2 fully saturated rings. The van der Waals surface area contributed by atoms with Gasteiger partial charge >= 0.3 is 0 Å². The molecule has 1 N–H and O–H groups in total. The number of hydrogen-bond acceptors (Lipinski definition) is 9. The highest BCUT2D eigenvalue weighted by atomic mass is 32.2. The number of nitrogens with zero attached hydrogens (tertiary/aromatic N) is 4. The molecule has 0 bridgehead atoms. The number of carbonyl (C=O) groups excluding carboxylic acids is 1. The van der Waals surface area contributed by atoms with E-state index in [1.165, 1.54) is 0 Å². The Kier molecular flexibility index (Phi) is 6.69. The third-order valence-electron chi connectivity index (χ3n) is 6.90. The van der Waals surface area contributed by atoms with Crippen LogP contribution in [-0.2, 0) is 25.9 Å².